The number of alkyl halides is 3. The van der Waals surface area contributed by atoms with Crippen molar-refractivity contribution in [3.8, 4) is 0 Å². The molecule has 0 radical (unpaired) electrons. The molecule has 1 aliphatic rings. The summed E-state index contributed by atoms with van der Waals surface area (Å²) < 4.78 is 43.2. The summed E-state index contributed by atoms with van der Waals surface area (Å²) >= 11 is 0. The second-order valence-electron chi connectivity index (χ2n) is 10.3. The van der Waals surface area contributed by atoms with E-state index in [0.29, 0.717) is 24.5 Å². The molecule has 1 aliphatic heterocycles. The third kappa shape index (κ3) is 7.01. The van der Waals surface area contributed by atoms with Gasteiger partial charge in [0.05, 0.1) is 23.1 Å². The highest BCUT2D eigenvalue weighted by molar-refractivity contribution is 6.05. The third-order valence-corrected chi connectivity index (χ3v) is 7.40. The van der Waals surface area contributed by atoms with Gasteiger partial charge in [-0.25, -0.2) is 5.84 Å². The summed E-state index contributed by atoms with van der Waals surface area (Å²) in [6.45, 7) is 6.64. The van der Waals surface area contributed by atoms with Gasteiger partial charge in [0.2, 0.25) is 0 Å². The van der Waals surface area contributed by atoms with Crippen LogP contribution in [0, 0.1) is 13.8 Å². The highest BCUT2D eigenvalue weighted by Gasteiger charge is 2.32. The first-order chi connectivity index (χ1) is 19.4. The second kappa shape index (κ2) is 12.2. The van der Waals surface area contributed by atoms with Crippen LogP contribution >= 0.6 is 0 Å². The van der Waals surface area contributed by atoms with Crippen LogP contribution < -0.4 is 26.4 Å². The van der Waals surface area contributed by atoms with E-state index >= 15 is 0 Å². The van der Waals surface area contributed by atoms with E-state index in [1.54, 1.807) is 48.4 Å². The van der Waals surface area contributed by atoms with E-state index in [2.05, 4.69) is 20.6 Å². The number of anilines is 3. The van der Waals surface area contributed by atoms with Crippen LogP contribution in [0.3, 0.4) is 0 Å². The van der Waals surface area contributed by atoms with Crippen molar-refractivity contribution in [1.29, 1.82) is 0 Å². The maximum Gasteiger partial charge on any atom is 0.416 e. The lowest BCUT2D eigenvalue weighted by Crippen LogP contribution is -2.29. The Kier molecular flexibility index (Phi) is 8.93. The summed E-state index contributed by atoms with van der Waals surface area (Å²) in [5.74, 6) is 5.86. The fraction of sp³-hybridized carbons (Fsp3) is 0.379. The van der Waals surface area contributed by atoms with E-state index < -0.39 is 17.6 Å². The largest absolute Gasteiger partial charge is 0.416 e. The fourth-order valence-corrected chi connectivity index (χ4v) is 4.81. The van der Waals surface area contributed by atoms with Gasteiger partial charge in [0, 0.05) is 68.1 Å². The van der Waals surface area contributed by atoms with Crippen LogP contribution in [0.4, 0.5) is 30.2 Å². The average Bonchev–Trinajstić information content (AvgIpc) is 3.10. The van der Waals surface area contributed by atoms with E-state index in [4.69, 9.17) is 5.84 Å². The Balaban J connectivity index is 1.61. The predicted molar refractivity (Wildman–Crippen MR) is 157 cm³/mol. The van der Waals surface area contributed by atoms with Crippen molar-refractivity contribution in [3.63, 3.8) is 0 Å². The molecule has 220 valence electrons. The molecule has 0 spiro atoms. The molecule has 0 bridgehead atoms. The molecule has 41 heavy (non-hydrogen) atoms. The highest BCUT2D eigenvalue weighted by atomic mass is 19.4. The summed E-state index contributed by atoms with van der Waals surface area (Å²) in [7, 11) is 5.61. The molecule has 4 N–H and O–H groups in total. The number of aryl methyl sites for hydroxylation is 2. The number of aromatic nitrogens is 2. The number of carbonyl (C=O) groups is 1. The molecule has 3 aromatic rings. The van der Waals surface area contributed by atoms with E-state index in [-0.39, 0.29) is 11.3 Å². The molecule has 4 rings (SSSR count). The number of likely N-dealkylation sites (N-methyl/N-ethyl adjacent to an activating group) is 1. The van der Waals surface area contributed by atoms with Gasteiger partial charge in [0.1, 0.15) is 0 Å². The van der Waals surface area contributed by atoms with Crippen molar-refractivity contribution < 1.29 is 18.0 Å². The van der Waals surface area contributed by atoms with Gasteiger partial charge in [0.25, 0.3) is 5.91 Å². The summed E-state index contributed by atoms with van der Waals surface area (Å²) in [5.41, 5.74) is 3.86. The zero-order valence-electron chi connectivity index (χ0n) is 24.0. The predicted octanol–water partition coefficient (Wildman–Crippen LogP) is 4.35. The first-order valence-electron chi connectivity index (χ1n) is 13.4. The zero-order valence-corrected chi connectivity index (χ0v) is 24.0. The van der Waals surface area contributed by atoms with Crippen molar-refractivity contribution in [1.82, 2.24) is 20.0 Å². The lowest BCUT2D eigenvalue weighted by Gasteiger charge is -2.25. The van der Waals surface area contributed by atoms with E-state index in [1.807, 2.05) is 32.8 Å². The number of hydrazine groups is 1. The standard InChI is InChI=1S/C29H37F3N8O/c1-19-7-8-21(13-27(19)40(33)18-26(34-3)25-17-35-38(5)20(25)2)28(41)36-23-14-22(29(30,31)32)15-24(16-23)39-10-6-9-37(4)11-12-39/h7-8,13-18,34H,6,9-12,33H2,1-5H3,(H,36,41)/b26-18-. The Hall–Kier alpha value is -4.03. The summed E-state index contributed by atoms with van der Waals surface area (Å²) in [6, 6.07) is 8.69. The maximum absolute atomic E-state index is 13.8. The number of benzene rings is 2. The van der Waals surface area contributed by atoms with Crippen LogP contribution in [0.15, 0.2) is 48.8 Å². The van der Waals surface area contributed by atoms with Gasteiger partial charge in [0.15, 0.2) is 0 Å². The van der Waals surface area contributed by atoms with E-state index in [1.165, 1.54) is 5.01 Å². The Morgan fingerprint density at radius 2 is 1.83 bits per heavy atom. The van der Waals surface area contributed by atoms with Gasteiger partial charge < -0.3 is 20.4 Å². The molecule has 0 saturated carbocycles. The minimum Gasteiger partial charge on any atom is -0.386 e. The van der Waals surface area contributed by atoms with E-state index in [9.17, 15) is 18.0 Å². The van der Waals surface area contributed by atoms with E-state index in [0.717, 1.165) is 54.2 Å². The number of carbonyl (C=O) groups excluding carboxylic acids is 1. The number of halogens is 3. The number of nitrogens with two attached hydrogens (primary N) is 1. The lowest BCUT2D eigenvalue weighted by atomic mass is 10.1. The molecule has 9 nitrogen and oxygen atoms in total. The zero-order chi connectivity index (χ0) is 29.9. The molecular formula is C29H37F3N8O. The molecule has 1 amide bonds. The van der Waals surface area contributed by atoms with Crippen LogP contribution in [-0.4, -0.2) is 60.9 Å². The Morgan fingerprint density at radius 3 is 2.49 bits per heavy atom. The number of nitrogens with one attached hydrogen (secondary N) is 2. The van der Waals surface area contributed by atoms with Gasteiger partial charge >= 0.3 is 6.18 Å². The topological polar surface area (TPSA) is 94.7 Å². The van der Waals surface area contributed by atoms with Gasteiger partial charge in [-0.1, -0.05) is 6.07 Å². The fourth-order valence-electron chi connectivity index (χ4n) is 4.81. The van der Waals surface area contributed by atoms with Gasteiger partial charge in [-0.3, -0.25) is 14.5 Å². The quantitative estimate of drug-likeness (QED) is 0.287. The van der Waals surface area contributed by atoms with Gasteiger partial charge in [-0.2, -0.15) is 18.3 Å². The van der Waals surface area contributed by atoms with Crippen LogP contribution in [0.25, 0.3) is 5.70 Å². The monoisotopic (exact) mass is 570 g/mol. The smallest absolute Gasteiger partial charge is 0.386 e. The number of nitrogens with zero attached hydrogens (tertiary/aromatic N) is 5. The normalized spacial score (nSPS) is 15.0. The minimum atomic E-state index is -4.56. The van der Waals surface area contributed by atoms with Gasteiger partial charge in [-0.05, 0) is 69.8 Å². The summed E-state index contributed by atoms with van der Waals surface area (Å²) in [5, 5.41) is 11.5. The molecule has 2 aromatic carbocycles. The molecule has 12 heteroatoms. The molecule has 1 aromatic heterocycles. The Morgan fingerprint density at radius 1 is 1.07 bits per heavy atom. The lowest BCUT2D eigenvalue weighted by molar-refractivity contribution is -0.137. The second-order valence-corrected chi connectivity index (χ2v) is 10.3. The highest BCUT2D eigenvalue weighted by Crippen LogP contribution is 2.35. The van der Waals surface area contributed by atoms with Crippen molar-refractivity contribution in [2.75, 3.05) is 55.5 Å². The summed E-state index contributed by atoms with van der Waals surface area (Å²) in [6.07, 6.45) is -0.291. The molecule has 0 aliphatic carbocycles. The first kappa shape index (κ1) is 29.9. The molecular weight excluding hydrogens is 533 g/mol. The Labute approximate surface area is 238 Å². The third-order valence-electron chi connectivity index (χ3n) is 7.40. The van der Waals surface area contributed by atoms with Crippen LogP contribution in [0.2, 0.25) is 0 Å². The molecule has 1 saturated heterocycles. The number of hydrogen-bond acceptors (Lipinski definition) is 7. The molecule has 0 atom stereocenters. The van der Waals surface area contributed by atoms with Crippen molar-refractivity contribution in [3.05, 3.63) is 76.7 Å². The van der Waals surface area contributed by atoms with Crippen molar-refractivity contribution in [2.24, 2.45) is 12.9 Å². The number of amides is 1. The van der Waals surface area contributed by atoms with Gasteiger partial charge in [-0.15, -0.1) is 0 Å². The number of hydrogen-bond donors (Lipinski definition) is 3. The summed E-state index contributed by atoms with van der Waals surface area (Å²) in [4.78, 5) is 17.4. The van der Waals surface area contributed by atoms with Crippen LogP contribution in [0.1, 0.15) is 39.2 Å². The van der Waals surface area contributed by atoms with Crippen LogP contribution in [-0.2, 0) is 13.2 Å². The van der Waals surface area contributed by atoms with Crippen molar-refractivity contribution >= 4 is 28.7 Å². The van der Waals surface area contributed by atoms with Crippen molar-refractivity contribution in [2.45, 2.75) is 26.4 Å². The SMILES string of the molecule is CN/C(=C\N(N)c1cc(C(=O)Nc2cc(N3CCCN(C)CC3)cc(C(F)(F)F)c2)ccc1C)c1cnn(C)c1C. The minimum absolute atomic E-state index is 0.0774. The average molecular weight is 571 g/mol. The molecule has 1 fully saturated rings. The van der Waals surface area contributed by atoms with Crippen LogP contribution in [0.5, 0.6) is 0 Å². The molecule has 2 heterocycles. The first-order valence-corrected chi connectivity index (χ1v) is 13.4. The molecule has 0 unspecified atom stereocenters. The Bertz CT molecular complexity index is 1430. The number of rotatable bonds is 7. The maximum atomic E-state index is 13.8.